The van der Waals surface area contributed by atoms with Gasteiger partial charge in [0.2, 0.25) is 5.91 Å². The van der Waals surface area contributed by atoms with Crippen molar-refractivity contribution in [2.75, 3.05) is 4.90 Å². The van der Waals surface area contributed by atoms with Crippen molar-refractivity contribution >= 4 is 17.5 Å². The van der Waals surface area contributed by atoms with E-state index in [0.717, 1.165) is 33.5 Å². The van der Waals surface area contributed by atoms with E-state index in [0.29, 0.717) is 12.1 Å². The van der Waals surface area contributed by atoms with Crippen molar-refractivity contribution in [2.24, 2.45) is 0 Å². The lowest BCUT2D eigenvalue weighted by molar-refractivity contribution is -0.121. The van der Waals surface area contributed by atoms with Crippen LogP contribution in [0.2, 0.25) is 0 Å². The minimum atomic E-state index is -0.0603. The lowest BCUT2D eigenvalue weighted by Crippen LogP contribution is -2.30. The van der Waals surface area contributed by atoms with Crippen LogP contribution in [0.4, 0.5) is 5.69 Å². The number of hydrogen-bond acceptors (Lipinski definition) is 2. The number of anilines is 1. The highest BCUT2D eigenvalue weighted by Crippen LogP contribution is 2.22. The van der Waals surface area contributed by atoms with Gasteiger partial charge in [0.15, 0.2) is 0 Å². The van der Waals surface area contributed by atoms with Crippen molar-refractivity contribution in [3.63, 3.8) is 0 Å². The minimum absolute atomic E-state index is 0.0357. The lowest BCUT2D eigenvalue weighted by atomic mass is 10.1. The van der Waals surface area contributed by atoms with Gasteiger partial charge in [-0.1, -0.05) is 90.0 Å². The number of nitrogens with zero attached hydrogens (tertiary/aromatic N) is 1. The van der Waals surface area contributed by atoms with Crippen LogP contribution in [-0.4, -0.2) is 11.8 Å². The second-order valence-corrected chi connectivity index (χ2v) is 9.29. The van der Waals surface area contributed by atoms with E-state index in [1.165, 1.54) is 0 Å². The molecule has 0 unspecified atom stereocenters. The summed E-state index contributed by atoms with van der Waals surface area (Å²) < 4.78 is 0. The van der Waals surface area contributed by atoms with E-state index in [-0.39, 0.29) is 24.3 Å². The zero-order valence-electron chi connectivity index (χ0n) is 21.1. The highest BCUT2D eigenvalue weighted by atomic mass is 16.2. The van der Waals surface area contributed by atoms with Crippen molar-refractivity contribution in [3.8, 4) is 0 Å². The Hall–Kier alpha value is -4.18. The SMILES string of the molecule is Cc1ccc(C(=O)N(Cc2cccc(C)c2)c2ccc(CC(=O)N[C@H](C)c3ccccc3)cc2)cc1. The summed E-state index contributed by atoms with van der Waals surface area (Å²) in [5, 5.41) is 3.06. The summed E-state index contributed by atoms with van der Waals surface area (Å²) in [4.78, 5) is 28.0. The standard InChI is InChI=1S/C32H32N2O2/c1-23-12-16-29(17-13-23)32(36)34(22-27-9-7-8-24(2)20-27)30-18-14-26(15-19-30)21-31(35)33-25(3)28-10-5-4-6-11-28/h4-20,25H,21-22H2,1-3H3,(H,33,35)/t25-/m1/s1. The molecule has 0 aliphatic carbocycles. The summed E-state index contributed by atoms with van der Waals surface area (Å²) in [5.74, 6) is -0.0925. The van der Waals surface area contributed by atoms with Crippen molar-refractivity contribution < 1.29 is 9.59 Å². The molecule has 0 aliphatic heterocycles. The summed E-state index contributed by atoms with van der Waals surface area (Å²) in [6.45, 7) is 6.50. The minimum Gasteiger partial charge on any atom is -0.349 e. The molecule has 182 valence electrons. The molecule has 4 heteroatoms. The molecule has 0 saturated heterocycles. The number of aryl methyl sites for hydroxylation is 2. The van der Waals surface area contributed by atoms with Crippen LogP contribution >= 0.6 is 0 Å². The maximum atomic E-state index is 13.5. The second-order valence-electron chi connectivity index (χ2n) is 9.29. The van der Waals surface area contributed by atoms with Crippen LogP contribution in [0.25, 0.3) is 0 Å². The number of carbonyl (C=O) groups is 2. The molecule has 0 bridgehead atoms. The number of rotatable bonds is 8. The third-order valence-corrected chi connectivity index (χ3v) is 6.26. The average Bonchev–Trinajstić information content (AvgIpc) is 2.88. The summed E-state index contributed by atoms with van der Waals surface area (Å²) in [5.41, 5.74) is 6.74. The molecule has 0 aromatic heterocycles. The molecule has 0 saturated carbocycles. The fraction of sp³-hybridized carbons (Fsp3) is 0.188. The lowest BCUT2D eigenvalue weighted by Gasteiger charge is -2.24. The maximum absolute atomic E-state index is 13.5. The average molecular weight is 477 g/mol. The number of amides is 2. The molecule has 0 radical (unpaired) electrons. The van der Waals surface area contributed by atoms with E-state index in [1.807, 2.05) is 118 Å². The molecule has 2 amide bonds. The van der Waals surface area contributed by atoms with E-state index >= 15 is 0 Å². The van der Waals surface area contributed by atoms with E-state index in [2.05, 4.69) is 11.4 Å². The van der Waals surface area contributed by atoms with E-state index < -0.39 is 0 Å². The quantitative estimate of drug-likeness (QED) is 0.313. The van der Waals surface area contributed by atoms with Gasteiger partial charge >= 0.3 is 0 Å². The molecule has 0 spiro atoms. The predicted octanol–water partition coefficient (Wildman–Crippen LogP) is 6.57. The van der Waals surface area contributed by atoms with Gasteiger partial charge in [-0.3, -0.25) is 9.59 Å². The molecule has 4 aromatic carbocycles. The first-order valence-corrected chi connectivity index (χ1v) is 12.3. The van der Waals surface area contributed by atoms with Crippen LogP contribution in [0, 0.1) is 13.8 Å². The Balaban J connectivity index is 1.51. The first kappa shape index (κ1) is 24.9. The molecule has 0 heterocycles. The normalized spacial score (nSPS) is 11.5. The second kappa shape index (κ2) is 11.5. The zero-order valence-corrected chi connectivity index (χ0v) is 21.1. The van der Waals surface area contributed by atoms with E-state index in [4.69, 9.17) is 0 Å². The molecule has 0 fully saturated rings. The Labute approximate surface area is 213 Å². The van der Waals surface area contributed by atoms with E-state index in [9.17, 15) is 9.59 Å². The van der Waals surface area contributed by atoms with Crippen LogP contribution < -0.4 is 10.2 Å². The largest absolute Gasteiger partial charge is 0.349 e. The first-order valence-electron chi connectivity index (χ1n) is 12.3. The molecule has 0 aliphatic rings. The van der Waals surface area contributed by atoms with Crippen LogP contribution in [0.1, 0.15) is 51.1 Å². The summed E-state index contributed by atoms with van der Waals surface area (Å²) in [6.07, 6.45) is 0.279. The third-order valence-electron chi connectivity index (χ3n) is 6.26. The number of carbonyl (C=O) groups excluding carboxylic acids is 2. The van der Waals surface area contributed by atoms with Gasteiger partial charge in [0, 0.05) is 11.3 Å². The van der Waals surface area contributed by atoms with Gasteiger partial charge in [0.25, 0.3) is 5.91 Å². The number of benzene rings is 4. The molecule has 4 aromatic rings. The summed E-state index contributed by atoms with van der Waals surface area (Å²) in [7, 11) is 0. The monoisotopic (exact) mass is 476 g/mol. The van der Waals surface area contributed by atoms with Crippen LogP contribution in [0.3, 0.4) is 0 Å². The molecule has 1 N–H and O–H groups in total. The van der Waals surface area contributed by atoms with Gasteiger partial charge in [0.1, 0.15) is 0 Å². The Morgan fingerprint density at radius 2 is 1.44 bits per heavy atom. The fourth-order valence-corrected chi connectivity index (χ4v) is 4.22. The maximum Gasteiger partial charge on any atom is 0.258 e. The number of hydrogen-bond donors (Lipinski definition) is 1. The van der Waals surface area contributed by atoms with Gasteiger partial charge in [0.05, 0.1) is 19.0 Å². The van der Waals surface area contributed by atoms with Crippen molar-refractivity contribution in [3.05, 3.63) is 137 Å². The van der Waals surface area contributed by atoms with Crippen LogP contribution in [0.15, 0.2) is 103 Å². The predicted molar refractivity (Wildman–Crippen MR) is 146 cm³/mol. The highest BCUT2D eigenvalue weighted by molar-refractivity contribution is 6.06. The van der Waals surface area contributed by atoms with Crippen molar-refractivity contribution in [1.29, 1.82) is 0 Å². The summed E-state index contributed by atoms with van der Waals surface area (Å²) in [6, 6.07) is 33.4. The number of nitrogens with one attached hydrogen (secondary N) is 1. The smallest absolute Gasteiger partial charge is 0.258 e. The van der Waals surface area contributed by atoms with Crippen molar-refractivity contribution in [1.82, 2.24) is 5.32 Å². The zero-order chi connectivity index (χ0) is 25.5. The van der Waals surface area contributed by atoms with Gasteiger partial charge in [-0.05, 0) is 61.7 Å². The van der Waals surface area contributed by atoms with Gasteiger partial charge in [-0.15, -0.1) is 0 Å². The molecular weight excluding hydrogens is 444 g/mol. The first-order chi connectivity index (χ1) is 17.4. The highest BCUT2D eigenvalue weighted by Gasteiger charge is 2.19. The molecule has 36 heavy (non-hydrogen) atoms. The third kappa shape index (κ3) is 6.48. The van der Waals surface area contributed by atoms with E-state index in [1.54, 1.807) is 4.90 Å². The topological polar surface area (TPSA) is 49.4 Å². The van der Waals surface area contributed by atoms with Crippen molar-refractivity contribution in [2.45, 2.75) is 39.8 Å². The molecule has 4 nitrogen and oxygen atoms in total. The van der Waals surface area contributed by atoms with Gasteiger partial charge < -0.3 is 10.2 Å². The van der Waals surface area contributed by atoms with Gasteiger partial charge in [-0.25, -0.2) is 0 Å². The Morgan fingerprint density at radius 3 is 2.11 bits per heavy atom. The molecule has 1 atom stereocenters. The Bertz CT molecular complexity index is 1310. The van der Waals surface area contributed by atoms with Crippen LogP contribution in [0.5, 0.6) is 0 Å². The Kier molecular flexibility index (Phi) is 7.96. The fourth-order valence-electron chi connectivity index (χ4n) is 4.22. The molecular formula is C32H32N2O2. The Morgan fingerprint density at radius 1 is 0.750 bits per heavy atom. The molecule has 4 rings (SSSR count). The summed E-state index contributed by atoms with van der Waals surface area (Å²) >= 11 is 0. The van der Waals surface area contributed by atoms with Crippen LogP contribution in [-0.2, 0) is 17.8 Å². The van der Waals surface area contributed by atoms with Gasteiger partial charge in [-0.2, -0.15) is 0 Å².